The van der Waals surface area contributed by atoms with Crippen LogP contribution in [0.25, 0.3) is 83.9 Å². The number of phenols is 1. The predicted molar refractivity (Wildman–Crippen MR) is 273 cm³/mol. The third-order valence-electron chi connectivity index (χ3n) is 11.6. The smallest absolute Gasteiger partial charge is 0.148 e. The summed E-state index contributed by atoms with van der Waals surface area (Å²) < 4.78 is 184. The van der Waals surface area contributed by atoms with Crippen LogP contribution in [0.5, 0.6) is 5.75 Å². The summed E-state index contributed by atoms with van der Waals surface area (Å²) >= 11 is 0. The third-order valence-corrected chi connectivity index (χ3v) is 11.6. The van der Waals surface area contributed by atoms with Gasteiger partial charge in [0.2, 0.25) is 0 Å². The minimum atomic E-state index is -4.21. The Kier molecular flexibility index (Phi) is 7.20. The molecular formula is C61H58N3OPt-. The SMILES string of the molecule is [2H]C([2H])([2H])c1ccc(-n2c(-c3cc(C(C([2H])([2H])[2H])(C([2H])([2H])[2H])C([2H])([2H])[2H])cc(C(C([2H])([2H])[2H])(C([2H])([2H])[2H])C([2H])([2H])[2H])c3O)nc3c(-c4[c-]c(-c5cc(-c6ccc(-c7ccccc7)cc6)ccn5)cc(C(C)(C)C)c4)cccc32)c(-c2ccccc2)c1.[Pt]. The zero-order chi connectivity index (χ0) is 63.3. The number of pyridine rings is 1. The zero-order valence-corrected chi connectivity index (χ0v) is 38.5. The third kappa shape index (κ3) is 9.09. The number of aromatic nitrogens is 3. The number of imidazole rings is 1. The summed E-state index contributed by atoms with van der Waals surface area (Å²) in [6.45, 7) is -21.6. The van der Waals surface area contributed by atoms with Crippen molar-refractivity contribution in [1.29, 1.82) is 0 Å². The number of hydrogen-bond acceptors (Lipinski definition) is 3. The summed E-state index contributed by atoms with van der Waals surface area (Å²) in [5.41, 5.74) is -5.45. The van der Waals surface area contributed by atoms with Crippen LogP contribution in [0.3, 0.4) is 0 Å². The molecule has 0 fully saturated rings. The Bertz CT molecular complexity index is 3930. The van der Waals surface area contributed by atoms with E-state index in [1.165, 1.54) is 22.8 Å². The molecule has 9 aromatic rings. The van der Waals surface area contributed by atoms with Gasteiger partial charge in [-0.15, -0.1) is 29.3 Å². The van der Waals surface area contributed by atoms with Gasteiger partial charge in [-0.3, -0.25) is 9.55 Å². The fourth-order valence-corrected chi connectivity index (χ4v) is 8.16. The van der Waals surface area contributed by atoms with Crippen LogP contribution in [0.2, 0.25) is 0 Å². The van der Waals surface area contributed by atoms with E-state index in [1.807, 2.05) is 99.6 Å². The Balaban J connectivity index is 0.00000982. The monoisotopic (exact) mass is 1060 g/mol. The van der Waals surface area contributed by atoms with Gasteiger partial charge in [-0.05, 0) is 86.8 Å². The maximum absolute atomic E-state index is 13.0. The van der Waals surface area contributed by atoms with Crippen molar-refractivity contribution in [2.24, 2.45) is 0 Å². The van der Waals surface area contributed by atoms with Crippen molar-refractivity contribution in [3.63, 3.8) is 0 Å². The van der Waals surface area contributed by atoms with Crippen LogP contribution < -0.4 is 0 Å². The Morgan fingerprint density at radius 2 is 1.18 bits per heavy atom. The maximum Gasteiger partial charge on any atom is 0.148 e. The second kappa shape index (κ2) is 17.8. The Labute approximate surface area is 435 Å². The molecule has 2 aromatic heterocycles. The second-order valence-corrected chi connectivity index (χ2v) is 17.3. The van der Waals surface area contributed by atoms with E-state index in [-0.39, 0.29) is 55.0 Å². The molecule has 0 aliphatic rings. The second-order valence-electron chi connectivity index (χ2n) is 17.3. The number of aromatic hydroxyl groups is 1. The van der Waals surface area contributed by atoms with E-state index in [2.05, 4.69) is 6.07 Å². The van der Waals surface area contributed by atoms with Crippen LogP contribution >= 0.6 is 0 Å². The van der Waals surface area contributed by atoms with Gasteiger partial charge in [0.05, 0.1) is 22.3 Å². The molecule has 0 radical (unpaired) electrons. The standard InChI is InChI=1S/C61H58N3O.Pt/c1-39-24-29-54(50(32-39)43-20-15-12-16-21-43)64-55-23-17-22-49(56(55)63-58(64)51-37-48(60(5,6)7)38-52(57(51)65)61(8,9)10)45-33-46(35-47(34-45)59(2,3)4)53-36-44(30-31-62-53)42-27-25-41(26-28-42)40-18-13-11-14-19-40;/h11-32,34-38,65H,1-10H3;/q-1;/i1D3,5D3,6D3,7D3,8D3,9D3,10D3;. The number of para-hydroxylation sites is 1. The molecule has 4 nitrogen and oxygen atoms in total. The summed E-state index contributed by atoms with van der Waals surface area (Å²) in [4.78, 5) is 9.90. The van der Waals surface area contributed by atoms with Gasteiger partial charge < -0.3 is 5.11 Å². The molecule has 0 aliphatic heterocycles. The van der Waals surface area contributed by atoms with E-state index < -0.39 is 92.5 Å². The van der Waals surface area contributed by atoms with Gasteiger partial charge in [-0.2, -0.15) is 0 Å². The molecule has 0 bridgehead atoms. The van der Waals surface area contributed by atoms with E-state index in [4.69, 9.17) is 38.8 Å². The van der Waals surface area contributed by atoms with Crippen LogP contribution in [0.15, 0.2) is 164 Å². The number of rotatable bonds is 7. The molecular weight excluding hydrogens is 986 g/mol. The minimum Gasteiger partial charge on any atom is -0.507 e. The van der Waals surface area contributed by atoms with Crippen LogP contribution in [-0.4, -0.2) is 19.6 Å². The molecule has 0 spiro atoms. The van der Waals surface area contributed by atoms with E-state index in [0.29, 0.717) is 34.0 Å². The number of phenolic OH excluding ortho intramolecular Hbond substituents is 1. The molecule has 2 heterocycles. The molecule has 0 atom stereocenters. The largest absolute Gasteiger partial charge is 0.507 e. The summed E-state index contributed by atoms with van der Waals surface area (Å²) in [7, 11) is 0. The average molecular weight is 1070 g/mol. The predicted octanol–water partition coefficient (Wildman–Crippen LogP) is 16.1. The number of fused-ring (bicyclic) bond motifs is 1. The van der Waals surface area contributed by atoms with Crippen molar-refractivity contribution in [3.8, 4) is 78.6 Å². The van der Waals surface area contributed by atoms with Crippen LogP contribution in [-0.2, 0) is 37.3 Å². The Morgan fingerprint density at radius 3 is 1.85 bits per heavy atom. The van der Waals surface area contributed by atoms with Gasteiger partial charge in [-0.25, -0.2) is 4.98 Å². The van der Waals surface area contributed by atoms with Gasteiger partial charge in [0.25, 0.3) is 0 Å². The average Bonchev–Trinajstić information content (AvgIpc) is 1.89. The van der Waals surface area contributed by atoms with Gasteiger partial charge >= 0.3 is 0 Å². The number of benzene rings is 7. The molecule has 0 aliphatic carbocycles. The summed E-state index contributed by atoms with van der Waals surface area (Å²) in [5, 5.41) is 13.0. The van der Waals surface area contributed by atoms with Crippen LogP contribution in [0, 0.1) is 12.9 Å². The van der Waals surface area contributed by atoms with Crippen LogP contribution in [0.4, 0.5) is 0 Å². The summed E-state index contributed by atoms with van der Waals surface area (Å²) in [6.07, 6.45) is 1.68. The van der Waals surface area contributed by atoms with Gasteiger partial charge in [0, 0.05) is 72.9 Å². The van der Waals surface area contributed by atoms with Crippen molar-refractivity contribution in [2.45, 2.75) is 85.0 Å². The van der Waals surface area contributed by atoms with Crippen molar-refractivity contribution < 1.29 is 55.0 Å². The Morgan fingerprint density at radius 1 is 0.545 bits per heavy atom. The number of hydrogen-bond donors (Lipinski definition) is 1. The van der Waals surface area contributed by atoms with Gasteiger partial charge in [0.1, 0.15) is 11.6 Å². The Hall–Kier alpha value is -6.35. The number of nitrogens with zero attached hydrogens (tertiary/aromatic N) is 3. The molecule has 0 saturated heterocycles. The maximum atomic E-state index is 13.0. The van der Waals surface area contributed by atoms with E-state index in [1.54, 1.807) is 54.7 Å². The minimum absolute atomic E-state index is 0. The summed E-state index contributed by atoms with van der Waals surface area (Å²) in [5.74, 6) is -2.01. The molecule has 0 saturated carbocycles. The van der Waals surface area contributed by atoms with Crippen molar-refractivity contribution in [2.75, 3.05) is 0 Å². The quantitative estimate of drug-likeness (QED) is 0.162. The molecule has 0 amide bonds. The van der Waals surface area contributed by atoms with Crippen LogP contribution in [0.1, 0.15) is 113 Å². The number of aryl methyl sites for hydroxylation is 1. The first-order valence-electron chi connectivity index (χ1n) is 31.5. The van der Waals surface area contributed by atoms with Crippen molar-refractivity contribution >= 4 is 11.0 Å². The van der Waals surface area contributed by atoms with E-state index in [0.717, 1.165) is 27.8 Å². The molecule has 9 rings (SSSR count). The molecule has 1 N–H and O–H groups in total. The fraction of sp³-hybridized carbons (Fsp3) is 0.213. The van der Waals surface area contributed by atoms with E-state index >= 15 is 0 Å². The molecule has 5 heteroatoms. The fourth-order valence-electron chi connectivity index (χ4n) is 8.16. The van der Waals surface area contributed by atoms with Crippen molar-refractivity contribution in [1.82, 2.24) is 14.5 Å². The van der Waals surface area contributed by atoms with Crippen molar-refractivity contribution in [3.05, 3.63) is 192 Å². The topological polar surface area (TPSA) is 50.9 Å². The first kappa shape index (κ1) is 26.7. The molecule has 0 unspecified atom stereocenters. The molecule has 334 valence electrons. The van der Waals surface area contributed by atoms with Gasteiger partial charge in [0.15, 0.2) is 0 Å². The normalized spacial score (nSPS) is 18.1. The summed E-state index contributed by atoms with van der Waals surface area (Å²) in [6, 6.07) is 47.4. The van der Waals surface area contributed by atoms with E-state index in [9.17, 15) is 5.11 Å². The molecule has 7 aromatic carbocycles. The molecule has 66 heavy (non-hydrogen) atoms. The zero-order valence-electron chi connectivity index (χ0n) is 57.2. The first-order chi connectivity index (χ1) is 39.6. The van der Waals surface area contributed by atoms with Gasteiger partial charge in [-0.1, -0.05) is 194 Å². The first-order valence-corrected chi connectivity index (χ1v) is 21.0.